The van der Waals surface area contributed by atoms with Crippen molar-refractivity contribution in [1.29, 1.82) is 0 Å². The summed E-state index contributed by atoms with van der Waals surface area (Å²) in [5.41, 5.74) is 24.9. The first-order chi connectivity index (χ1) is 22.2. The fraction of sp³-hybridized carbons (Fsp3) is 0.533. The molecule has 0 aliphatic heterocycles. The van der Waals surface area contributed by atoms with Crippen molar-refractivity contribution in [3.8, 4) is 0 Å². The molecular weight excluding hydrogens is 626 g/mol. The maximum atomic E-state index is 13.5. The van der Waals surface area contributed by atoms with Crippen molar-refractivity contribution in [3.63, 3.8) is 0 Å². The zero-order valence-corrected chi connectivity index (χ0v) is 28.2. The molecule has 0 bridgehead atoms. The Bertz CT molecular complexity index is 1310. The summed E-state index contributed by atoms with van der Waals surface area (Å²) in [6, 6.07) is 6.88. The number of carbonyl (C=O) groups excluding carboxylic acids is 5. The molecule has 0 aliphatic carbocycles. The van der Waals surface area contributed by atoms with Crippen molar-refractivity contribution < 1.29 is 33.9 Å². The molecule has 0 radical (unpaired) electrons. The van der Waals surface area contributed by atoms with Gasteiger partial charge >= 0.3 is 0 Å². The molecule has 1 rings (SSSR count). The minimum absolute atomic E-state index is 0.0951. The minimum atomic E-state index is -1.52. The Hall–Kier alpha value is -5.42. The van der Waals surface area contributed by atoms with Crippen LogP contribution in [0, 0.1) is 0 Å². The number of nitrogens with zero attached hydrogens (tertiary/aromatic N) is 2. The number of guanidine groups is 2. The van der Waals surface area contributed by atoms with E-state index in [1.807, 2.05) is 6.07 Å². The number of rotatable bonds is 18. The summed E-state index contributed by atoms with van der Waals surface area (Å²) < 4.78 is 0. The average molecular weight is 678 g/mol. The zero-order chi connectivity index (χ0) is 37.1. The van der Waals surface area contributed by atoms with Crippen LogP contribution in [0.4, 0.5) is 0 Å². The SMILES string of the molecule is CC(=O)NC(CCCN=C(N)N)C(=O)NC(C)(C)C(=O)NC(CCCN=C(N)N)C(=O)NC(C)(Cc1ccccc1)C(N)=O.CC(=O)O. The van der Waals surface area contributed by atoms with Crippen LogP contribution in [0.3, 0.4) is 0 Å². The van der Waals surface area contributed by atoms with Gasteiger partial charge in [0.2, 0.25) is 29.5 Å². The van der Waals surface area contributed by atoms with Gasteiger partial charge in [0.1, 0.15) is 23.2 Å². The van der Waals surface area contributed by atoms with Gasteiger partial charge in [-0.3, -0.25) is 38.8 Å². The van der Waals surface area contributed by atoms with Gasteiger partial charge in [-0.25, -0.2) is 0 Å². The van der Waals surface area contributed by atoms with Crippen LogP contribution in [0.25, 0.3) is 0 Å². The van der Waals surface area contributed by atoms with Crippen molar-refractivity contribution in [1.82, 2.24) is 21.3 Å². The first kappa shape index (κ1) is 42.6. The topological polar surface area (TPSA) is 326 Å². The lowest BCUT2D eigenvalue weighted by Gasteiger charge is -2.32. The van der Waals surface area contributed by atoms with Gasteiger partial charge in [0.15, 0.2) is 11.9 Å². The smallest absolute Gasteiger partial charge is 0.300 e. The van der Waals surface area contributed by atoms with Crippen LogP contribution in [0.2, 0.25) is 0 Å². The number of hydrogen-bond acceptors (Lipinski definition) is 8. The summed E-state index contributed by atoms with van der Waals surface area (Å²) >= 11 is 0. The predicted molar refractivity (Wildman–Crippen MR) is 181 cm³/mol. The lowest BCUT2D eigenvalue weighted by molar-refractivity contribution is -0.137. The molecule has 18 heteroatoms. The van der Waals surface area contributed by atoms with Gasteiger partial charge < -0.3 is 55.0 Å². The Balaban J connectivity index is 0.00000520. The molecule has 5 amide bonds. The normalized spacial score (nSPS) is 13.0. The Morgan fingerprint density at radius 1 is 0.750 bits per heavy atom. The Kier molecular flexibility index (Phi) is 18.3. The highest BCUT2D eigenvalue weighted by Gasteiger charge is 2.38. The maximum Gasteiger partial charge on any atom is 0.300 e. The van der Waals surface area contributed by atoms with Gasteiger partial charge in [-0.1, -0.05) is 30.3 Å². The number of aliphatic imine (C=N–C) groups is 2. The molecule has 0 aromatic heterocycles. The number of aliphatic carboxylic acids is 1. The third-order valence-electron chi connectivity index (χ3n) is 6.55. The van der Waals surface area contributed by atoms with Crippen molar-refractivity contribution in [2.24, 2.45) is 38.7 Å². The van der Waals surface area contributed by atoms with Crippen LogP contribution in [-0.2, 0) is 35.2 Å². The van der Waals surface area contributed by atoms with Gasteiger partial charge in [0.25, 0.3) is 5.97 Å². The van der Waals surface area contributed by atoms with E-state index in [1.165, 1.54) is 27.7 Å². The average Bonchev–Trinajstić information content (AvgIpc) is 2.95. The van der Waals surface area contributed by atoms with E-state index in [0.29, 0.717) is 12.8 Å². The molecule has 48 heavy (non-hydrogen) atoms. The molecule has 0 fully saturated rings. The largest absolute Gasteiger partial charge is 0.481 e. The van der Waals surface area contributed by atoms with Crippen molar-refractivity contribution in [2.45, 2.75) is 89.9 Å². The Labute approximate surface area is 280 Å². The van der Waals surface area contributed by atoms with Crippen molar-refractivity contribution in [3.05, 3.63) is 35.9 Å². The van der Waals surface area contributed by atoms with Gasteiger partial charge in [0, 0.05) is 33.4 Å². The second-order valence-corrected chi connectivity index (χ2v) is 11.7. The number of primary amides is 1. The van der Waals surface area contributed by atoms with E-state index in [4.69, 9.17) is 38.6 Å². The first-order valence-corrected chi connectivity index (χ1v) is 15.1. The molecule has 1 aromatic rings. The van der Waals surface area contributed by atoms with Crippen LogP contribution < -0.4 is 49.9 Å². The van der Waals surface area contributed by atoms with Crippen LogP contribution in [0.5, 0.6) is 0 Å². The first-order valence-electron chi connectivity index (χ1n) is 15.1. The van der Waals surface area contributed by atoms with Gasteiger partial charge in [0.05, 0.1) is 0 Å². The third-order valence-corrected chi connectivity index (χ3v) is 6.55. The zero-order valence-electron chi connectivity index (χ0n) is 28.2. The lowest BCUT2D eigenvalue weighted by Crippen LogP contribution is -2.64. The van der Waals surface area contributed by atoms with E-state index in [-0.39, 0.29) is 44.3 Å². The number of amides is 5. The number of carboxylic acids is 1. The summed E-state index contributed by atoms with van der Waals surface area (Å²) in [6.45, 7) is 7.15. The number of nitrogens with one attached hydrogen (secondary N) is 4. The molecule has 0 saturated carbocycles. The van der Waals surface area contributed by atoms with Crippen molar-refractivity contribution in [2.75, 3.05) is 13.1 Å². The second-order valence-electron chi connectivity index (χ2n) is 11.7. The molecular formula is C30H51N11O7. The Morgan fingerprint density at radius 3 is 1.60 bits per heavy atom. The summed E-state index contributed by atoms with van der Waals surface area (Å²) in [5.74, 6) is -4.26. The number of nitrogens with two attached hydrogens (primary N) is 5. The van der Waals surface area contributed by atoms with Crippen LogP contribution in [0.1, 0.15) is 65.9 Å². The summed E-state index contributed by atoms with van der Waals surface area (Å²) in [5, 5.41) is 17.9. The predicted octanol–water partition coefficient (Wildman–Crippen LogP) is -2.33. The molecule has 268 valence electrons. The molecule has 18 nitrogen and oxygen atoms in total. The summed E-state index contributed by atoms with van der Waals surface area (Å²) in [4.78, 5) is 81.0. The Morgan fingerprint density at radius 2 is 1.19 bits per heavy atom. The third kappa shape index (κ3) is 17.9. The number of carbonyl (C=O) groups is 6. The van der Waals surface area contributed by atoms with Gasteiger partial charge in [-0.15, -0.1) is 0 Å². The fourth-order valence-electron chi connectivity index (χ4n) is 4.14. The fourth-order valence-corrected chi connectivity index (χ4v) is 4.14. The monoisotopic (exact) mass is 677 g/mol. The molecule has 0 saturated heterocycles. The highest BCUT2D eigenvalue weighted by atomic mass is 16.4. The van der Waals surface area contributed by atoms with Crippen molar-refractivity contribution >= 4 is 47.4 Å². The molecule has 3 atom stereocenters. The lowest BCUT2D eigenvalue weighted by atomic mass is 9.91. The number of hydrogen-bond donors (Lipinski definition) is 10. The standard InChI is InChI=1S/C28H47N11O5.C2H4O2/c1-17(40)36-19(12-8-14-34-25(30)31)21(41)38-27(2,3)24(44)37-20(13-9-15-35-26(32)33)22(42)39-28(4,23(29)43)16-18-10-6-5-7-11-18;1-2(3)4/h5-7,10-11,19-20H,8-9,12-16H2,1-4H3,(H2,29,43)(H,36,40)(H,37,44)(H,38,41)(H,39,42)(H4,30,31,34)(H4,32,33,35);1H3,(H,3,4). The molecule has 0 aliphatic rings. The van der Waals surface area contributed by atoms with Crippen LogP contribution in [-0.4, -0.2) is 88.8 Å². The second kappa shape index (κ2) is 20.7. The van der Waals surface area contributed by atoms with Crippen LogP contribution >= 0.6 is 0 Å². The molecule has 1 aromatic carbocycles. The maximum absolute atomic E-state index is 13.5. The van der Waals surface area contributed by atoms with E-state index in [2.05, 4.69) is 31.3 Å². The van der Waals surface area contributed by atoms with Gasteiger partial charge in [-0.05, 0) is 52.0 Å². The molecule has 15 N–H and O–H groups in total. The van der Waals surface area contributed by atoms with E-state index < -0.39 is 58.7 Å². The highest BCUT2D eigenvalue weighted by Crippen LogP contribution is 2.15. The summed E-state index contributed by atoms with van der Waals surface area (Å²) in [6.07, 6.45) is 1.08. The summed E-state index contributed by atoms with van der Waals surface area (Å²) in [7, 11) is 0. The van der Waals surface area contributed by atoms with Crippen LogP contribution in [0.15, 0.2) is 40.3 Å². The molecule has 0 spiro atoms. The van der Waals surface area contributed by atoms with E-state index >= 15 is 0 Å². The highest BCUT2D eigenvalue weighted by molar-refractivity contribution is 5.97. The quantitative estimate of drug-likeness (QED) is 0.0446. The minimum Gasteiger partial charge on any atom is -0.481 e. The molecule has 0 heterocycles. The molecule has 3 unspecified atom stereocenters. The number of carboxylic acid groups (broad SMARTS) is 1. The van der Waals surface area contributed by atoms with Gasteiger partial charge in [-0.2, -0.15) is 0 Å². The number of benzene rings is 1. The van der Waals surface area contributed by atoms with E-state index in [0.717, 1.165) is 12.5 Å². The van der Waals surface area contributed by atoms with E-state index in [9.17, 15) is 24.0 Å². The van der Waals surface area contributed by atoms with E-state index in [1.54, 1.807) is 24.3 Å².